The van der Waals surface area contributed by atoms with Crippen molar-refractivity contribution in [3.63, 3.8) is 0 Å². The molecular weight excluding hydrogens is 212 g/mol. The highest BCUT2D eigenvalue weighted by Gasteiger charge is 2.07. The predicted octanol–water partition coefficient (Wildman–Crippen LogP) is 2.81. The standard InChI is InChI=1S/C11H9ClN2O/c1-15-9-5-3-7-13-11(9)8-4-2-6-10(12)14-8/h2-7H,1H3. The maximum Gasteiger partial charge on any atom is 0.146 e. The summed E-state index contributed by atoms with van der Waals surface area (Å²) < 4.78 is 5.19. The summed E-state index contributed by atoms with van der Waals surface area (Å²) in [5.41, 5.74) is 1.41. The molecule has 0 N–H and O–H groups in total. The molecule has 0 aliphatic rings. The lowest BCUT2D eigenvalue weighted by Gasteiger charge is -2.05. The Morgan fingerprint density at radius 2 is 2.07 bits per heavy atom. The van der Waals surface area contributed by atoms with Gasteiger partial charge in [-0.05, 0) is 24.3 Å². The van der Waals surface area contributed by atoms with Gasteiger partial charge in [0.05, 0.1) is 12.8 Å². The fraction of sp³-hybridized carbons (Fsp3) is 0.0909. The average Bonchev–Trinajstić information content (AvgIpc) is 2.29. The van der Waals surface area contributed by atoms with Crippen LogP contribution in [0.25, 0.3) is 11.4 Å². The first kappa shape index (κ1) is 9.93. The van der Waals surface area contributed by atoms with Crippen LogP contribution in [0.5, 0.6) is 5.75 Å². The molecule has 3 nitrogen and oxygen atoms in total. The van der Waals surface area contributed by atoms with E-state index in [1.165, 1.54) is 0 Å². The molecule has 0 radical (unpaired) electrons. The highest BCUT2D eigenvalue weighted by molar-refractivity contribution is 6.29. The van der Waals surface area contributed by atoms with E-state index in [9.17, 15) is 0 Å². The second-order valence-electron chi connectivity index (χ2n) is 2.90. The van der Waals surface area contributed by atoms with Crippen molar-refractivity contribution < 1.29 is 4.74 Å². The number of methoxy groups -OCH3 is 1. The highest BCUT2D eigenvalue weighted by atomic mass is 35.5. The maximum atomic E-state index is 5.81. The third kappa shape index (κ3) is 2.07. The average molecular weight is 221 g/mol. The zero-order valence-electron chi connectivity index (χ0n) is 8.14. The lowest BCUT2D eigenvalue weighted by atomic mass is 10.2. The second kappa shape index (κ2) is 4.28. The van der Waals surface area contributed by atoms with Crippen molar-refractivity contribution in [1.82, 2.24) is 9.97 Å². The number of rotatable bonds is 2. The van der Waals surface area contributed by atoms with Crippen LogP contribution in [0.2, 0.25) is 5.15 Å². The molecule has 2 rings (SSSR count). The minimum atomic E-state index is 0.445. The molecule has 2 aromatic heterocycles. The van der Waals surface area contributed by atoms with Gasteiger partial charge in [-0.1, -0.05) is 17.7 Å². The predicted molar refractivity (Wildman–Crippen MR) is 59.0 cm³/mol. The van der Waals surface area contributed by atoms with Crippen LogP contribution < -0.4 is 4.74 Å². The van der Waals surface area contributed by atoms with Crippen molar-refractivity contribution in [2.24, 2.45) is 0 Å². The number of nitrogens with zero attached hydrogens (tertiary/aromatic N) is 2. The lowest BCUT2D eigenvalue weighted by molar-refractivity contribution is 0.414. The van der Waals surface area contributed by atoms with Gasteiger partial charge < -0.3 is 4.74 Å². The molecule has 0 fully saturated rings. The molecule has 0 saturated heterocycles. The van der Waals surface area contributed by atoms with Gasteiger partial charge in [-0.2, -0.15) is 0 Å². The first-order valence-electron chi connectivity index (χ1n) is 4.43. The van der Waals surface area contributed by atoms with Crippen LogP contribution in [0, 0.1) is 0 Å². The SMILES string of the molecule is COc1cccnc1-c1cccc(Cl)n1. The molecule has 0 aliphatic heterocycles. The fourth-order valence-corrected chi connectivity index (χ4v) is 1.45. The van der Waals surface area contributed by atoms with Crippen LogP contribution in [0.1, 0.15) is 0 Å². The van der Waals surface area contributed by atoms with Crippen molar-refractivity contribution in [3.05, 3.63) is 41.7 Å². The third-order valence-corrected chi connectivity index (χ3v) is 2.16. The topological polar surface area (TPSA) is 35.0 Å². The number of halogens is 1. The largest absolute Gasteiger partial charge is 0.494 e. The van der Waals surface area contributed by atoms with Gasteiger partial charge in [-0.25, -0.2) is 4.98 Å². The molecule has 0 unspecified atom stereocenters. The van der Waals surface area contributed by atoms with E-state index in [1.54, 1.807) is 19.4 Å². The summed E-state index contributed by atoms with van der Waals surface area (Å²) in [5, 5.41) is 0.445. The van der Waals surface area contributed by atoms with Gasteiger partial charge in [0.1, 0.15) is 16.6 Å². The molecule has 2 aromatic rings. The minimum absolute atomic E-state index is 0.445. The van der Waals surface area contributed by atoms with E-state index in [4.69, 9.17) is 16.3 Å². The number of hydrogen-bond donors (Lipinski definition) is 0. The number of ether oxygens (including phenoxy) is 1. The van der Waals surface area contributed by atoms with Crippen LogP contribution >= 0.6 is 11.6 Å². The van der Waals surface area contributed by atoms with Crippen LogP contribution in [0.3, 0.4) is 0 Å². The molecule has 0 spiro atoms. The van der Waals surface area contributed by atoms with Crippen LogP contribution in [0.4, 0.5) is 0 Å². The molecule has 0 saturated carbocycles. The molecule has 2 heterocycles. The van der Waals surface area contributed by atoms with E-state index in [0.717, 1.165) is 0 Å². The lowest BCUT2D eigenvalue weighted by Crippen LogP contribution is -1.92. The number of pyridine rings is 2. The molecule has 15 heavy (non-hydrogen) atoms. The van der Waals surface area contributed by atoms with Crippen LogP contribution in [-0.2, 0) is 0 Å². The monoisotopic (exact) mass is 220 g/mol. The van der Waals surface area contributed by atoms with Gasteiger partial charge in [-0.15, -0.1) is 0 Å². The summed E-state index contributed by atoms with van der Waals surface area (Å²) in [6.07, 6.45) is 1.69. The molecule has 0 aliphatic carbocycles. The Bertz CT molecular complexity index is 474. The van der Waals surface area contributed by atoms with E-state index in [-0.39, 0.29) is 0 Å². The van der Waals surface area contributed by atoms with Crippen LogP contribution in [-0.4, -0.2) is 17.1 Å². The first-order chi connectivity index (χ1) is 7.31. The Balaban J connectivity index is 2.53. The third-order valence-electron chi connectivity index (χ3n) is 1.95. The van der Waals surface area contributed by atoms with Crippen molar-refractivity contribution in [3.8, 4) is 17.1 Å². The minimum Gasteiger partial charge on any atom is -0.494 e. The Morgan fingerprint density at radius 3 is 2.80 bits per heavy atom. The van der Waals surface area contributed by atoms with Gasteiger partial charge in [0.25, 0.3) is 0 Å². The van der Waals surface area contributed by atoms with Gasteiger partial charge in [0.15, 0.2) is 0 Å². The zero-order chi connectivity index (χ0) is 10.7. The Hall–Kier alpha value is -1.61. The maximum absolute atomic E-state index is 5.81. The highest BCUT2D eigenvalue weighted by Crippen LogP contribution is 2.25. The van der Waals surface area contributed by atoms with Crippen molar-refractivity contribution in [2.45, 2.75) is 0 Å². The number of aromatic nitrogens is 2. The Morgan fingerprint density at radius 1 is 1.20 bits per heavy atom. The molecule has 0 amide bonds. The van der Waals surface area contributed by atoms with Crippen molar-refractivity contribution in [1.29, 1.82) is 0 Å². The van der Waals surface area contributed by atoms with E-state index >= 15 is 0 Å². The van der Waals surface area contributed by atoms with E-state index in [1.807, 2.05) is 24.3 Å². The van der Waals surface area contributed by atoms with E-state index in [2.05, 4.69) is 9.97 Å². The summed E-state index contributed by atoms with van der Waals surface area (Å²) >= 11 is 5.81. The zero-order valence-corrected chi connectivity index (χ0v) is 8.90. The summed E-state index contributed by atoms with van der Waals surface area (Å²) in [4.78, 5) is 8.39. The smallest absolute Gasteiger partial charge is 0.146 e. The van der Waals surface area contributed by atoms with E-state index < -0.39 is 0 Å². The van der Waals surface area contributed by atoms with E-state index in [0.29, 0.717) is 22.3 Å². The molecule has 76 valence electrons. The summed E-state index contributed by atoms with van der Waals surface area (Å²) in [5.74, 6) is 0.687. The Kier molecular flexibility index (Phi) is 2.83. The van der Waals surface area contributed by atoms with Gasteiger partial charge >= 0.3 is 0 Å². The second-order valence-corrected chi connectivity index (χ2v) is 3.29. The molecule has 0 atom stereocenters. The molecule has 4 heteroatoms. The summed E-state index contributed by atoms with van der Waals surface area (Å²) in [7, 11) is 1.60. The summed E-state index contributed by atoms with van der Waals surface area (Å²) in [6, 6.07) is 9.05. The fourth-order valence-electron chi connectivity index (χ4n) is 1.29. The first-order valence-corrected chi connectivity index (χ1v) is 4.81. The molecule has 0 aromatic carbocycles. The Labute approximate surface area is 92.7 Å². The van der Waals surface area contributed by atoms with Gasteiger partial charge in [0, 0.05) is 6.20 Å². The molecule has 0 bridgehead atoms. The van der Waals surface area contributed by atoms with Gasteiger partial charge in [-0.3, -0.25) is 4.98 Å². The number of hydrogen-bond acceptors (Lipinski definition) is 3. The van der Waals surface area contributed by atoms with Crippen LogP contribution in [0.15, 0.2) is 36.5 Å². The van der Waals surface area contributed by atoms with Crippen molar-refractivity contribution >= 4 is 11.6 Å². The normalized spacial score (nSPS) is 10.0. The molecular formula is C11H9ClN2O. The van der Waals surface area contributed by atoms with Gasteiger partial charge in [0.2, 0.25) is 0 Å². The summed E-state index contributed by atoms with van der Waals surface area (Å²) in [6.45, 7) is 0. The quantitative estimate of drug-likeness (QED) is 0.730. The van der Waals surface area contributed by atoms with Crippen molar-refractivity contribution in [2.75, 3.05) is 7.11 Å².